The smallest absolute Gasteiger partial charge is 0.299 e. The predicted octanol–water partition coefficient (Wildman–Crippen LogP) is 1.14. The highest BCUT2D eigenvalue weighted by Crippen LogP contribution is 2.41. The lowest BCUT2D eigenvalue weighted by molar-refractivity contribution is -0.671. The van der Waals surface area contributed by atoms with E-state index in [4.69, 9.17) is 4.74 Å². The second-order valence-electron chi connectivity index (χ2n) is 9.61. The third-order valence-electron chi connectivity index (χ3n) is 6.51. The van der Waals surface area contributed by atoms with E-state index in [0.717, 1.165) is 31.3 Å². The monoisotopic (exact) mass is 623 g/mol. The van der Waals surface area contributed by atoms with E-state index in [9.17, 15) is 25.3 Å². The van der Waals surface area contributed by atoms with Crippen molar-refractivity contribution < 1.29 is 36.7 Å². The molecule has 4 N–H and O–H groups in total. The number of aryl methyl sites for hydroxylation is 2. The van der Waals surface area contributed by atoms with Gasteiger partial charge in [0.15, 0.2) is 0 Å². The number of nitro groups is 2. The molecule has 15 nitrogen and oxygen atoms in total. The molecule has 0 radical (unpaired) electrons. The number of nitrogens with one attached hydrogen (secondary N) is 3. The Morgan fingerprint density at radius 2 is 1.68 bits per heavy atom. The molecule has 3 aromatic heterocycles. The van der Waals surface area contributed by atoms with Gasteiger partial charge in [0, 0.05) is 30.5 Å². The number of nitrogens with zero attached hydrogens (tertiary/aromatic N) is 6. The van der Waals surface area contributed by atoms with Crippen molar-refractivity contribution in [1.29, 1.82) is 0 Å². The fraction of sp³-hybridized carbons (Fsp3) is 0.214. The highest BCUT2D eigenvalue weighted by atomic mass is 35.5. The van der Waals surface area contributed by atoms with E-state index in [1.165, 1.54) is 10.6 Å². The first-order valence-corrected chi connectivity index (χ1v) is 13.4. The van der Waals surface area contributed by atoms with Crippen molar-refractivity contribution in [3.8, 4) is 5.88 Å². The zero-order chi connectivity index (χ0) is 30.3. The lowest BCUT2D eigenvalue weighted by Gasteiger charge is -2.13. The molecule has 230 valence electrons. The SMILES string of the molecule is C[n+]1ccn(CCCNc2ccc(Nc3cc(Nc4c(OCCO)nn5ccccc45)c([N+](=O)[O-])cc3[N+](=O)[O-])cc2)c1.[Cl-]. The molecule has 0 saturated carbocycles. The van der Waals surface area contributed by atoms with Crippen molar-refractivity contribution >= 4 is 45.3 Å². The van der Waals surface area contributed by atoms with E-state index in [2.05, 4.69) is 25.6 Å². The summed E-state index contributed by atoms with van der Waals surface area (Å²) < 4.78 is 11.2. The van der Waals surface area contributed by atoms with Crippen LogP contribution in [0.1, 0.15) is 6.42 Å². The summed E-state index contributed by atoms with van der Waals surface area (Å²) in [5, 5.41) is 46.8. The predicted molar refractivity (Wildman–Crippen MR) is 159 cm³/mol. The summed E-state index contributed by atoms with van der Waals surface area (Å²) in [5.41, 5.74) is 1.35. The molecule has 16 heteroatoms. The van der Waals surface area contributed by atoms with Crippen molar-refractivity contribution in [3.05, 3.63) is 99.7 Å². The van der Waals surface area contributed by atoms with Gasteiger partial charge in [-0.05, 0) is 42.5 Å². The number of aromatic nitrogens is 4. The maximum atomic E-state index is 12.0. The zero-order valence-electron chi connectivity index (χ0n) is 23.6. The largest absolute Gasteiger partial charge is 1.00 e. The van der Waals surface area contributed by atoms with Gasteiger partial charge in [0.2, 0.25) is 6.33 Å². The van der Waals surface area contributed by atoms with Crippen LogP contribution in [0, 0.1) is 20.2 Å². The maximum Gasteiger partial charge on any atom is 0.299 e. The number of hydrogen-bond donors (Lipinski definition) is 4. The first kappa shape index (κ1) is 31.5. The Balaban J connectivity index is 0.00000442. The summed E-state index contributed by atoms with van der Waals surface area (Å²) in [4.78, 5) is 22.5. The Morgan fingerprint density at radius 1 is 0.977 bits per heavy atom. The number of halogens is 1. The lowest BCUT2D eigenvalue weighted by atomic mass is 10.1. The molecule has 0 spiro atoms. The number of pyridine rings is 1. The van der Waals surface area contributed by atoms with E-state index < -0.39 is 21.2 Å². The Hall–Kier alpha value is -5.41. The van der Waals surface area contributed by atoms with Gasteiger partial charge in [-0.2, -0.15) is 0 Å². The summed E-state index contributed by atoms with van der Waals surface area (Å²) in [6.07, 6.45) is 8.60. The Labute approximate surface area is 257 Å². The van der Waals surface area contributed by atoms with Gasteiger partial charge in [-0.1, -0.05) is 6.07 Å². The molecule has 0 saturated heterocycles. The summed E-state index contributed by atoms with van der Waals surface area (Å²) in [7, 11) is 1.97. The van der Waals surface area contributed by atoms with Gasteiger partial charge in [-0.25, -0.2) is 13.6 Å². The third kappa shape index (κ3) is 7.32. The molecule has 0 unspecified atom stereocenters. The number of imidazole rings is 1. The fourth-order valence-electron chi connectivity index (χ4n) is 4.51. The average Bonchev–Trinajstić information content (AvgIpc) is 3.57. The van der Waals surface area contributed by atoms with Gasteiger partial charge in [-0.3, -0.25) is 20.2 Å². The average molecular weight is 624 g/mol. The fourth-order valence-corrected chi connectivity index (χ4v) is 4.51. The van der Waals surface area contributed by atoms with Crippen LogP contribution in [0.3, 0.4) is 0 Å². The number of fused-ring (bicyclic) bond motifs is 1. The van der Waals surface area contributed by atoms with Crippen molar-refractivity contribution in [1.82, 2.24) is 14.2 Å². The number of rotatable bonds is 14. The summed E-state index contributed by atoms with van der Waals surface area (Å²) in [6, 6.07) is 14.7. The van der Waals surface area contributed by atoms with Gasteiger partial charge in [0.1, 0.15) is 36.1 Å². The number of hydrogen-bond acceptors (Lipinski definition) is 10. The zero-order valence-corrected chi connectivity index (χ0v) is 24.3. The van der Waals surface area contributed by atoms with Crippen LogP contribution >= 0.6 is 0 Å². The summed E-state index contributed by atoms with van der Waals surface area (Å²) >= 11 is 0. The van der Waals surface area contributed by atoms with Crippen molar-refractivity contribution in [2.24, 2.45) is 7.05 Å². The second kappa shape index (κ2) is 14.2. The minimum absolute atomic E-state index is 0. The molecule has 0 amide bonds. The van der Waals surface area contributed by atoms with E-state index in [0.29, 0.717) is 16.9 Å². The maximum absolute atomic E-state index is 12.0. The van der Waals surface area contributed by atoms with Crippen LogP contribution in [0.15, 0.2) is 79.5 Å². The molecule has 0 aliphatic rings. The molecule has 44 heavy (non-hydrogen) atoms. The third-order valence-corrected chi connectivity index (χ3v) is 6.51. The van der Waals surface area contributed by atoms with Gasteiger partial charge in [0.25, 0.3) is 17.3 Å². The van der Waals surface area contributed by atoms with E-state index >= 15 is 0 Å². The molecule has 0 aliphatic carbocycles. The molecule has 2 aromatic carbocycles. The van der Waals surface area contributed by atoms with Gasteiger partial charge < -0.3 is 38.2 Å². The Kier molecular flexibility index (Phi) is 10.2. The topological polar surface area (TPSA) is 178 Å². The standard InChI is InChI=1S/C28H30N9O6.ClH/c1-33-13-14-34(19-33)11-4-10-29-20-6-8-21(9-7-20)30-22-17-23(26(37(41)42)18-25(22)36(39)40)31-27-24-5-2-3-12-35(24)32-28(27)43-16-15-38;/h2-3,5-9,12-14,17-19,29-31,38H,4,10-11,15-16H2,1H3;1H/q+1;/p-1. The quantitative estimate of drug-likeness (QED) is 0.0607. The van der Waals surface area contributed by atoms with Crippen LogP contribution in [0.4, 0.5) is 39.8 Å². The summed E-state index contributed by atoms with van der Waals surface area (Å²) in [6.45, 7) is 1.31. The van der Waals surface area contributed by atoms with Crippen LogP contribution in [0.5, 0.6) is 5.88 Å². The molecule has 3 heterocycles. The highest BCUT2D eigenvalue weighted by molar-refractivity contribution is 5.88. The molecule has 0 bridgehead atoms. The number of anilines is 5. The van der Waals surface area contributed by atoms with Crippen molar-refractivity contribution in [2.75, 3.05) is 35.7 Å². The normalized spacial score (nSPS) is 10.7. The van der Waals surface area contributed by atoms with Crippen LogP contribution in [-0.2, 0) is 13.6 Å². The van der Waals surface area contributed by atoms with Crippen LogP contribution in [-0.4, -0.2) is 48.9 Å². The van der Waals surface area contributed by atoms with E-state index in [-0.39, 0.29) is 42.9 Å². The molecule has 0 atom stereocenters. The van der Waals surface area contributed by atoms with Crippen molar-refractivity contribution in [2.45, 2.75) is 13.0 Å². The first-order chi connectivity index (χ1) is 20.8. The van der Waals surface area contributed by atoms with Gasteiger partial charge in [0.05, 0.1) is 41.6 Å². The molecule has 5 aromatic rings. The number of nitro benzene ring substituents is 2. The van der Waals surface area contributed by atoms with E-state index in [1.54, 1.807) is 36.5 Å². The molecule has 5 rings (SSSR count). The molecular weight excluding hydrogens is 594 g/mol. The molecule has 0 fully saturated rings. The van der Waals surface area contributed by atoms with Crippen LogP contribution in [0.2, 0.25) is 0 Å². The minimum atomic E-state index is -0.699. The Bertz CT molecular complexity index is 1760. The number of ether oxygens (including phenoxy) is 1. The van der Waals surface area contributed by atoms with Crippen LogP contribution < -0.4 is 37.7 Å². The van der Waals surface area contributed by atoms with Crippen LogP contribution in [0.25, 0.3) is 5.52 Å². The van der Waals surface area contributed by atoms with Crippen molar-refractivity contribution in [3.63, 3.8) is 0 Å². The highest BCUT2D eigenvalue weighted by Gasteiger charge is 2.27. The number of benzene rings is 2. The van der Waals surface area contributed by atoms with Gasteiger partial charge in [-0.15, -0.1) is 5.10 Å². The first-order valence-electron chi connectivity index (χ1n) is 13.4. The Morgan fingerprint density at radius 3 is 2.34 bits per heavy atom. The minimum Gasteiger partial charge on any atom is -1.00 e. The summed E-state index contributed by atoms with van der Waals surface area (Å²) in [5.74, 6) is 0.105. The lowest BCUT2D eigenvalue weighted by Crippen LogP contribution is -3.00. The molecular formula is C28H30ClN9O6. The second-order valence-corrected chi connectivity index (χ2v) is 9.61. The number of aliphatic hydroxyl groups is 1. The molecule has 0 aliphatic heterocycles. The van der Waals surface area contributed by atoms with Gasteiger partial charge >= 0.3 is 0 Å². The number of aliphatic hydroxyl groups excluding tert-OH is 1. The van der Waals surface area contributed by atoms with E-state index in [1.807, 2.05) is 42.5 Å².